The monoisotopic (exact) mass is 266 g/mol. The van der Waals surface area contributed by atoms with Gasteiger partial charge in [0.2, 0.25) is 0 Å². The van der Waals surface area contributed by atoms with Gasteiger partial charge in [0.25, 0.3) is 0 Å². The highest BCUT2D eigenvalue weighted by molar-refractivity contribution is 5.13. The van der Waals surface area contributed by atoms with E-state index in [0.717, 1.165) is 45.3 Å². The first-order valence-corrected chi connectivity index (χ1v) is 7.59. The topological polar surface area (TPSA) is 56.5 Å². The zero-order chi connectivity index (χ0) is 13.8. The molecule has 2 aliphatic heterocycles. The van der Waals surface area contributed by atoms with Gasteiger partial charge in [0.05, 0.1) is 17.1 Å². The molecule has 1 N–H and O–H groups in total. The predicted molar refractivity (Wildman–Crippen MR) is 73.6 cm³/mol. The Hall–Kier alpha value is -0.630. The van der Waals surface area contributed by atoms with Crippen molar-refractivity contribution in [2.24, 2.45) is 5.41 Å². The molecule has 2 fully saturated rings. The molecule has 0 aliphatic carbocycles. The summed E-state index contributed by atoms with van der Waals surface area (Å²) in [4.78, 5) is 2.42. The number of aliphatic hydroxyl groups is 1. The van der Waals surface area contributed by atoms with Crippen molar-refractivity contribution < 1.29 is 9.84 Å². The van der Waals surface area contributed by atoms with E-state index in [1.807, 2.05) is 0 Å². The van der Waals surface area contributed by atoms with E-state index < -0.39 is 11.0 Å². The van der Waals surface area contributed by atoms with E-state index in [0.29, 0.717) is 26.1 Å². The SMILES string of the molecule is CCCN1CCCC(O)(C2(C#N)CCOCC2)CC1. The summed E-state index contributed by atoms with van der Waals surface area (Å²) in [5.41, 5.74) is -1.42. The summed E-state index contributed by atoms with van der Waals surface area (Å²) < 4.78 is 5.38. The molecule has 2 saturated heterocycles. The van der Waals surface area contributed by atoms with E-state index in [9.17, 15) is 10.4 Å². The zero-order valence-corrected chi connectivity index (χ0v) is 12.0. The van der Waals surface area contributed by atoms with Crippen molar-refractivity contribution in [3.05, 3.63) is 0 Å². The van der Waals surface area contributed by atoms with Crippen molar-refractivity contribution in [2.45, 2.75) is 51.0 Å². The first kappa shape index (κ1) is 14.8. The fourth-order valence-electron chi connectivity index (χ4n) is 3.59. The minimum absolute atomic E-state index is 0.590. The lowest BCUT2D eigenvalue weighted by molar-refractivity contribution is -0.111. The molecule has 1 unspecified atom stereocenters. The normalized spacial score (nSPS) is 32.5. The second-order valence-corrected chi connectivity index (χ2v) is 6.03. The van der Waals surface area contributed by atoms with Crippen LogP contribution in [0.5, 0.6) is 0 Å². The standard InChI is InChI=1S/C15H26N2O2/c1-2-8-17-9-3-4-15(18,5-10-17)14(13-16)6-11-19-12-7-14/h18H,2-12H2,1H3. The minimum atomic E-state index is -0.825. The number of likely N-dealkylation sites (tertiary alicyclic amines) is 1. The lowest BCUT2D eigenvalue weighted by Gasteiger charge is -2.44. The summed E-state index contributed by atoms with van der Waals surface area (Å²) in [5.74, 6) is 0. The molecule has 0 radical (unpaired) electrons. The Morgan fingerprint density at radius 3 is 2.58 bits per heavy atom. The van der Waals surface area contributed by atoms with Crippen LogP contribution >= 0.6 is 0 Å². The Morgan fingerprint density at radius 1 is 1.21 bits per heavy atom. The van der Waals surface area contributed by atoms with Gasteiger partial charge >= 0.3 is 0 Å². The van der Waals surface area contributed by atoms with Crippen LogP contribution in [0.15, 0.2) is 0 Å². The van der Waals surface area contributed by atoms with Gasteiger partial charge in [-0.25, -0.2) is 0 Å². The van der Waals surface area contributed by atoms with Gasteiger partial charge in [0.15, 0.2) is 0 Å². The highest BCUT2D eigenvalue weighted by atomic mass is 16.5. The summed E-state index contributed by atoms with van der Waals surface area (Å²) >= 11 is 0. The highest BCUT2D eigenvalue weighted by Gasteiger charge is 2.51. The first-order valence-electron chi connectivity index (χ1n) is 7.59. The molecular weight excluding hydrogens is 240 g/mol. The Labute approximate surface area is 116 Å². The van der Waals surface area contributed by atoms with Gasteiger partial charge in [0.1, 0.15) is 0 Å². The van der Waals surface area contributed by atoms with Crippen molar-refractivity contribution in [1.29, 1.82) is 5.26 Å². The van der Waals surface area contributed by atoms with Gasteiger partial charge in [0, 0.05) is 19.8 Å². The minimum Gasteiger partial charge on any atom is -0.388 e. The smallest absolute Gasteiger partial charge is 0.0904 e. The van der Waals surface area contributed by atoms with Gasteiger partial charge in [-0.2, -0.15) is 5.26 Å². The van der Waals surface area contributed by atoms with Crippen LogP contribution in [0.4, 0.5) is 0 Å². The zero-order valence-electron chi connectivity index (χ0n) is 12.0. The van der Waals surface area contributed by atoms with Crippen LogP contribution in [0.1, 0.15) is 45.4 Å². The molecule has 0 aromatic heterocycles. The van der Waals surface area contributed by atoms with E-state index in [4.69, 9.17) is 4.74 Å². The maximum Gasteiger partial charge on any atom is 0.0904 e. The Bertz CT molecular complexity index is 334. The fraction of sp³-hybridized carbons (Fsp3) is 0.933. The van der Waals surface area contributed by atoms with Crippen LogP contribution in [-0.2, 0) is 4.74 Å². The Balaban J connectivity index is 2.10. The van der Waals surface area contributed by atoms with Crippen molar-refractivity contribution in [3.63, 3.8) is 0 Å². The van der Waals surface area contributed by atoms with Crippen LogP contribution < -0.4 is 0 Å². The van der Waals surface area contributed by atoms with E-state index in [-0.39, 0.29) is 0 Å². The molecule has 108 valence electrons. The van der Waals surface area contributed by atoms with Crippen LogP contribution in [-0.4, -0.2) is 48.5 Å². The molecule has 4 heteroatoms. The second-order valence-electron chi connectivity index (χ2n) is 6.03. The summed E-state index contributed by atoms with van der Waals surface area (Å²) in [6, 6.07) is 2.45. The highest BCUT2D eigenvalue weighted by Crippen LogP contribution is 2.46. The lowest BCUT2D eigenvalue weighted by Crippen LogP contribution is -2.51. The maximum atomic E-state index is 11.1. The molecular formula is C15H26N2O2. The average Bonchev–Trinajstić information content (AvgIpc) is 2.63. The quantitative estimate of drug-likeness (QED) is 0.848. The van der Waals surface area contributed by atoms with E-state index in [2.05, 4.69) is 17.9 Å². The summed E-state index contributed by atoms with van der Waals surface area (Å²) in [6.07, 6.45) is 4.96. The van der Waals surface area contributed by atoms with Crippen molar-refractivity contribution >= 4 is 0 Å². The Morgan fingerprint density at radius 2 is 1.95 bits per heavy atom. The molecule has 0 amide bonds. The second kappa shape index (κ2) is 6.21. The summed E-state index contributed by atoms with van der Waals surface area (Å²) in [6.45, 7) is 6.46. The van der Waals surface area contributed by atoms with Gasteiger partial charge < -0.3 is 14.7 Å². The van der Waals surface area contributed by atoms with Crippen LogP contribution in [0.25, 0.3) is 0 Å². The van der Waals surface area contributed by atoms with Crippen LogP contribution in [0.2, 0.25) is 0 Å². The largest absolute Gasteiger partial charge is 0.388 e. The number of hydrogen-bond acceptors (Lipinski definition) is 4. The molecule has 0 aromatic carbocycles. The first-order chi connectivity index (χ1) is 9.16. The third-order valence-corrected chi connectivity index (χ3v) is 4.90. The number of nitriles is 1. The van der Waals surface area contributed by atoms with Gasteiger partial charge in [-0.15, -0.1) is 0 Å². The third kappa shape index (κ3) is 2.94. The molecule has 2 rings (SSSR count). The number of ether oxygens (including phenoxy) is 1. The summed E-state index contributed by atoms with van der Waals surface area (Å²) in [5, 5.41) is 20.7. The fourth-order valence-corrected chi connectivity index (χ4v) is 3.59. The van der Waals surface area contributed by atoms with Crippen molar-refractivity contribution in [3.8, 4) is 6.07 Å². The number of hydrogen-bond donors (Lipinski definition) is 1. The molecule has 0 bridgehead atoms. The van der Waals surface area contributed by atoms with Crippen LogP contribution in [0, 0.1) is 16.7 Å². The maximum absolute atomic E-state index is 11.1. The molecule has 0 aromatic rings. The van der Waals surface area contributed by atoms with Gasteiger partial charge in [-0.05, 0) is 51.6 Å². The van der Waals surface area contributed by atoms with Crippen molar-refractivity contribution in [2.75, 3.05) is 32.8 Å². The average molecular weight is 266 g/mol. The molecule has 0 saturated carbocycles. The predicted octanol–water partition coefficient (Wildman–Crippen LogP) is 1.93. The molecule has 4 nitrogen and oxygen atoms in total. The molecule has 1 atom stereocenters. The van der Waals surface area contributed by atoms with Gasteiger partial charge in [-0.1, -0.05) is 6.92 Å². The molecule has 2 aliphatic rings. The van der Waals surface area contributed by atoms with E-state index in [1.54, 1.807) is 0 Å². The van der Waals surface area contributed by atoms with Crippen LogP contribution in [0.3, 0.4) is 0 Å². The molecule has 2 heterocycles. The number of rotatable bonds is 3. The summed E-state index contributed by atoms with van der Waals surface area (Å²) in [7, 11) is 0. The third-order valence-electron chi connectivity index (χ3n) is 4.90. The molecule has 19 heavy (non-hydrogen) atoms. The lowest BCUT2D eigenvalue weighted by atomic mass is 9.64. The Kier molecular flexibility index (Phi) is 4.83. The van der Waals surface area contributed by atoms with Gasteiger partial charge in [-0.3, -0.25) is 0 Å². The van der Waals surface area contributed by atoms with E-state index >= 15 is 0 Å². The van der Waals surface area contributed by atoms with Crippen molar-refractivity contribution in [1.82, 2.24) is 4.90 Å². The molecule has 0 spiro atoms. The van der Waals surface area contributed by atoms with E-state index in [1.165, 1.54) is 0 Å². The number of nitrogens with zero attached hydrogens (tertiary/aromatic N) is 2.